The topological polar surface area (TPSA) is 32.8 Å². The van der Waals surface area contributed by atoms with Gasteiger partial charge >= 0.3 is 0 Å². The Morgan fingerprint density at radius 1 is 1.38 bits per heavy atom. The molecule has 0 radical (unpaired) electrons. The highest BCUT2D eigenvalue weighted by Gasteiger charge is 2.24. The fourth-order valence-corrected chi connectivity index (χ4v) is 2.91. The number of nitrogens with zero attached hydrogens (tertiary/aromatic N) is 2. The maximum absolute atomic E-state index is 12.4. The number of methoxy groups -OCH3 is 1. The predicted molar refractivity (Wildman–Crippen MR) is 84.6 cm³/mol. The van der Waals surface area contributed by atoms with Crippen molar-refractivity contribution in [1.82, 2.24) is 9.80 Å². The van der Waals surface area contributed by atoms with Crippen molar-refractivity contribution in [3.05, 3.63) is 29.8 Å². The third-order valence-corrected chi connectivity index (χ3v) is 4.43. The summed E-state index contributed by atoms with van der Waals surface area (Å²) in [6, 6.07) is 8.13. The number of carbonyl (C=O) groups is 1. The third-order valence-electron chi connectivity index (χ3n) is 4.43. The molecule has 0 saturated carbocycles. The lowest BCUT2D eigenvalue weighted by Gasteiger charge is -2.36. The molecule has 1 aromatic carbocycles. The van der Waals surface area contributed by atoms with Gasteiger partial charge in [0.05, 0.1) is 13.5 Å². The van der Waals surface area contributed by atoms with Crippen molar-refractivity contribution >= 4 is 5.91 Å². The molecule has 0 N–H and O–H groups in total. The zero-order valence-electron chi connectivity index (χ0n) is 13.3. The van der Waals surface area contributed by atoms with Crippen LogP contribution in [-0.4, -0.2) is 55.5 Å². The highest BCUT2D eigenvalue weighted by Crippen LogP contribution is 2.18. The van der Waals surface area contributed by atoms with Crippen molar-refractivity contribution in [3.63, 3.8) is 0 Å². The first-order valence-corrected chi connectivity index (χ1v) is 7.75. The van der Waals surface area contributed by atoms with Crippen LogP contribution in [0.15, 0.2) is 24.3 Å². The molecule has 2 rings (SSSR count). The van der Waals surface area contributed by atoms with Crippen molar-refractivity contribution < 1.29 is 9.53 Å². The lowest BCUT2D eigenvalue weighted by atomic mass is 10.0. The molecule has 1 fully saturated rings. The average molecular weight is 290 g/mol. The molecule has 1 aromatic rings. The SMILES string of the molecule is CCN1CCC(N(C)C(=O)Cc2cccc(OC)c2)CC1. The van der Waals surface area contributed by atoms with Gasteiger partial charge in [-0.1, -0.05) is 19.1 Å². The lowest BCUT2D eigenvalue weighted by Crippen LogP contribution is -2.45. The Bertz CT molecular complexity index is 468. The van der Waals surface area contributed by atoms with E-state index in [1.807, 2.05) is 36.2 Å². The van der Waals surface area contributed by atoms with Gasteiger partial charge in [-0.2, -0.15) is 0 Å². The van der Waals surface area contributed by atoms with Crippen LogP contribution in [0.1, 0.15) is 25.3 Å². The molecule has 1 aliphatic rings. The minimum atomic E-state index is 0.193. The van der Waals surface area contributed by atoms with Crippen LogP contribution >= 0.6 is 0 Å². The maximum atomic E-state index is 12.4. The van der Waals surface area contributed by atoms with Gasteiger partial charge in [-0.15, -0.1) is 0 Å². The summed E-state index contributed by atoms with van der Waals surface area (Å²) in [5.74, 6) is 0.998. The summed E-state index contributed by atoms with van der Waals surface area (Å²) in [7, 11) is 3.59. The van der Waals surface area contributed by atoms with Crippen LogP contribution in [0.5, 0.6) is 5.75 Å². The van der Waals surface area contributed by atoms with Crippen LogP contribution in [0.25, 0.3) is 0 Å². The lowest BCUT2D eigenvalue weighted by molar-refractivity contribution is -0.132. The van der Waals surface area contributed by atoms with Gasteiger partial charge in [0.15, 0.2) is 0 Å². The number of ether oxygens (including phenoxy) is 1. The second kappa shape index (κ2) is 7.46. The number of carbonyl (C=O) groups excluding carboxylic acids is 1. The molecule has 116 valence electrons. The van der Waals surface area contributed by atoms with Crippen LogP contribution < -0.4 is 4.74 Å². The first-order chi connectivity index (χ1) is 10.1. The molecule has 1 heterocycles. The molecule has 4 nitrogen and oxygen atoms in total. The van der Waals surface area contributed by atoms with Gasteiger partial charge in [0.25, 0.3) is 0 Å². The molecule has 1 amide bonds. The Hall–Kier alpha value is -1.55. The molecule has 0 bridgehead atoms. The normalized spacial score (nSPS) is 16.7. The molecular formula is C17H26N2O2. The number of benzene rings is 1. The van der Waals surface area contributed by atoms with Crippen molar-refractivity contribution in [2.75, 3.05) is 33.8 Å². The summed E-state index contributed by atoms with van der Waals surface area (Å²) >= 11 is 0. The summed E-state index contributed by atoms with van der Waals surface area (Å²) in [5.41, 5.74) is 1.01. The van der Waals surface area contributed by atoms with Crippen LogP contribution in [-0.2, 0) is 11.2 Å². The van der Waals surface area contributed by atoms with Crippen LogP contribution in [0.4, 0.5) is 0 Å². The van der Waals surface area contributed by atoms with Gasteiger partial charge < -0.3 is 14.5 Å². The molecule has 4 heteroatoms. The molecule has 0 unspecified atom stereocenters. The summed E-state index contributed by atoms with van der Waals surface area (Å²) in [5, 5.41) is 0. The number of likely N-dealkylation sites (tertiary alicyclic amines) is 1. The number of likely N-dealkylation sites (N-methyl/N-ethyl adjacent to an activating group) is 1. The minimum Gasteiger partial charge on any atom is -0.497 e. The van der Waals surface area contributed by atoms with E-state index in [4.69, 9.17) is 4.74 Å². The standard InChI is InChI=1S/C17H26N2O2/c1-4-19-10-8-15(9-11-19)18(2)17(20)13-14-6-5-7-16(12-14)21-3/h5-7,12,15H,4,8-11,13H2,1-3H3. The Labute approximate surface area is 127 Å². The van der Waals surface area contributed by atoms with Crippen molar-refractivity contribution in [2.24, 2.45) is 0 Å². The highest BCUT2D eigenvalue weighted by molar-refractivity contribution is 5.79. The van der Waals surface area contributed by atoms with Crippen molar-refractivity contribution in [3.8, 4) is 5.75 Å². The van der Waals surface area contributed by atoms with E-state index in [-0.39, 0.29) is 5.91 Å². The van der Waals surface area contributed by atoms with E-state index in [0.717, 1.165) is 43.8 Å². The van der Waals surface area contributed by atoms with E-state index >= 15 is 0 Å². The van der Waals surface area contributed by atoms with E-state index < -0.39 is 0 Å². The summed E-state index contributed by atoms with van der Waals surface area (Å²) in [6.07, 6.45) is 2.60. The molecule has 0 aromatic heterocycles. The minimum absolute atomic E-state index is 0.193. The summed E-state index contributed by atoms with van der Waals surface area (Å²) in [4.78, 5) is 16.8. The van der Waals surface area contributed by atoms with E-state index in [1.54, 1.807) is 7.11 Å². The van der Waals surface area contributed by atoms with E-state index in [0.29, 0.717) is 12.5 Å². The van der Waals surface area contributed by atoms with Crippen molar-refractivity contribution in [1.29, 1.82) is 0 Å². The fraction of sp³-hybridized carbons (Fsp3) is 0.588. The van der Waals surface area contributed by atoms with Gasteiger partial charge in [-0.05, 0) is 37.1 Å². The van der Waals surface area contributed by atoms with Gasteiger partial charge in [0.1, 0.15) is 5.75 Å². The van der Waals surface area contributed by atoms with Gasteiger partial charge in [-0.3, -0.25) is 4.79 Å². The maximum Gasteiger partial charge on any atom is 0.226 e. The van der Waals surface area contributed by atoms with Gasteiger partial charge in [-0.25, -0.2) is 0 Å². The second-order valence-corrected chi connectivity index (χ2v) is 5.70. The van der Waals surface area contributed by atoms with Gasteiger partial charge in [0.2, 0.25) is 5.91 Å². The van der Waals surface area contributed by atoms with E-state index in [9.17, 15) is 4.79 Å². The molecule has 1 aliphatic heterocycles. The third kappa shape index (κ3) is 4.21. The quantitative estimate of drug-likeness (QED) is 0.833. The first-order valence-electron chi connectivity index (χ1n) is 7.75. The van der Waals surface area contributed by atoms with E-state index in [1.165, 1.54) is 0 Å². The van der Waals surface area contributed by atoms with E-state index in [2.05, 4.69) is 11.8 Å². The van der Waals surface area contributed by atoms with Crippen molar-refractivity contribution in [2.45, 2.75) is 32.2 Å². The number of rotatable bonds is 5. The zero-order valence-corrected chi connectivity index (χ0v) is 13.3. The fourth-order valence-electron chi connectivity index (χ4n) is 2.91. The van der Waals surface area contributed by atoms with Crippen LogP contribution in [0.2, 0.25) is 0 Å². The zero-order chi connectivity index (χ0) is 15.2. The second-order valence-electron chi connectivity index (χ2n) is 5.70. The molecule has 0 aliphatic carbocycles. The Balaban J connectivity index is 1.90. The number of piperidine rings is 1. The Kier molecular flexibility index (Phi) is 5.62. The monoisotopic (exact) mass is 290 g/mol. The number of hydrogen-bond acceptors (Lipinski definition) is 3. The number of amides is 1. The largest absolute Gasteiger partial charge is 0.497 e. The molecule has 0 spiro atoms. The van der Waals surface area contributed by atoms with Gasteiger partial charge in [0, 0.05) is 26.2 Å². The highest BCUT2D eigenvalue weighted by atomic mass is 16.5. The number of hydrogen-bond donors (Lipinski definition) is 0. The predicted octanol–water partition coefficient (Wildman–Crippen LogP) is 2.18. The van der Waals surface area contributed by atoms with Crippen LogP contribution in [0, 0.1) is 0 Å². The smallest absolute Gasteiger partial charge is 0.226 e. The average Bonchev–Trinajstić information content (AvgIpc) is 2.54. The first kappa shape index (κ1) is 15.8. The Morgan fingerprint density at radius 3 is 2.71 bits per heavy atom. The molecule has 1 saturated heterocycles. The summed E-state index contributed by atoms with van der Waals surface area (Å²) < 4.78 is 5.21. The summed E-state index contributed by atoms with van der Waals surface area (Å²) in [6.45, 7) is 5.49. The molecular weight excluding hydrogens is 264 g/mol. The van der Waals surface area contributed by atoms with Crippen LogP contribution in [0.3, 0.4) is 0 Å². The molecule has 0 atom stereocenters. The Morgan fingerprint density at radius 2 is 2.10 bits per heavy atom. The molecule has 21 heavy (non-hydrogen) atoms.